The summed E-state index contributed by atoms with van der Waals surface area (Å²) in [4.78, 5) is 87.4. The highest BCUT2D eigenvalue weighted by Gasteiger charge is 2.36. The van der Waals surface area contributed by atoms with Gasteiger partial charge < -0.3 is 56.8 Å². The quantitative estimate of drug-likeness (QED) is 0.0404. The molecule has 0 radical (unpaired) electrons. The number of esters is 6. The molecule has 0 amide bonds. The fourth-order valence-electron chi connectivity index (χ4n) is 13.2. The summed E-state index contributed by atoms with van der Waals surface area (Å²) >= 11 is 0. The molecule has 0 spiro atoms. The minimum absolute atomic E-state index is 0.0420. The molecule has 0 N–H and O–H groups in total. The summed E-state index contributed by atoms with van der Waals surface area (Å²) in [6, 6.07) is 46.2. The van der Waals surface area contributed by atoms with E-state index in [1.165, 1.54) is 79.1 Å². The van der Waals surface area contributed by atoms with Gasteiger partial charge in [0.15, 0.2) is 12.2 Å². The van der Waals surface area contributed by atoms with Crippen LogP contribution in [0.25, 0.3) is 0 Å². The van der Waals surface area contributed by atoms with E-state index >= 15 is 0 Å². The Hall–Kier alpha value is -12.0. The molecular weight excluding hydrogens is 1370 g/mol. The van der Waals surface area contributed by atoms with Crippen LogP contribution in [-0.4, -0.2) is 82.7 Å². The Kier molecular flexibility index (Phi) is 23.7. The van der Waals surface area contributed by atoms with Gasteiger partial charge in [-0.15, -0.1) is 0 Å². The number of carbonyl (C=O) groups excluding carboxylic acids is 6. The van der Waals surface area contributed by atoms with Gasteiger partial charge in [0.2, 0.25) is 0 Å². The van der Waals surface area contributed by atoms with Crippen molar-refractivity contribution in [1.29, 1.82) is 0 Å². The zero-order chi connectivity index (χ0) is 76.7. The van der Waals surface area contributed by atoms with Crippen molar-refractivity contribution in [3.63, 3.8) is 0 Å². The second-order valence-corrected chi connectivity index (χ2v) is 26.7. The SMILES string of the molecule is COc1ccc(S(=O)c2ccc(OC)c(C(=O)Oc3c(C)c(C)c(C(=O)Oc4c(C)c(C)c(C(=O)OC(c5ccccc5)c5ccccc5)c(OC)c4C)c(OC)c3C)c2)cc1C(=O)Oc1c(C)c(C)c(C(=O)Oc2c(C)c(C)c(C(=O)OC(c3ccccc3)c3ccccc3)c(OC)c2C)c(OC)c1C. The second-order valence-electron chi connectivity index (χ2n) is 25.2. The molecule has 0 aliphatic rings. The minimum Gasteiger partial charge on any atom is -0.496 e. The molecule has 546 valence electrons. The van der Waals surface area contributed by atoms with Gasteiger partial charge in [-0.25, -0.2) is 33.0 Å². The van der Waals surface area contributed by atoms with Crippen molar-refractivity contribution in [1.82, 2.24) is 0 Å². The smallest absolute Gasteiger partial charge is 0.347 e. The van der Waals surface area contributed by atoms with Gasteiger partial charge in [0.25, 0.3) is 0 Å². The first-order valence-electron chi connectivity index (χ1n) is 33.8. The standard InChI is InChI=1S/C86H82O19S/c1-45-49(5)71(53(9)75(96-15)67(45)83(89)102-73-51(7)47(3)69(77(98-17)55(73)11)85(91)104-79(57-31-23-19-24-32-57)58-33-25-20-26-34-58)100-81(87)63-43-61(39-41-65(63)94-13)106(93)62-40-42-66(95-14)64(44-62)82(88)101-72-50(6)46(2)68(76(97-16)54(72)10)84(90)103-74-52(8)48(4)70(78(99-18)56(74)12)86(92)105-80(59-35-27-21-28-36-59)60-37-29-22-30-38-60/h19-44,79-80H,1-18H3. The molecule has 0 fully saturated rings. The Morgan fingerprint density at radius 3 is 0.736 bits per heavy atom. The summed E-state index contributed by atoms with van der Waals surface area (Å²) in [5.74, 6) is -3.73. The van der Waals surface area contributed by atoms with Crippen LogP contribution >= 0.6 is 0 Å². The van der Waals surface area contributed by atoms with Crippen molar-refractivity contribution in [3.8, 4) is 57.5 Å². The van der Waals surface area contributed by atoms with Crippen LogP contribution in [0.3, 0.4) is 0 Å². The lowest BCUT2D eigenvalue weighted by molar-refractivity contribution is 0.0364. The van der Waals surface area contributed by atoms with Gasteiger partial charge in [-0.05, 0) is 186 Å². The lowest BCUT2D eigenvalue weighted by Gasteiger charge is -2.24. The first-order valence-corrected chi connectivity index (χ1v) is 34.9. The van der Waals surface area contributed by atoms with Crippen LogP contribution in [0, 0.1) is 83.1 Å². The van der Waals surface area contributed by atoms with Crippen LogP contribution in [-0.2, 0) is 20.3 Å². The first kappa shape index (κ1) is 76.6. The second kappa shape index (κ2) is 32.7. The Labute approximate surface area is 618 Å². The number of hydrogen-bond donors (Lipinski definition) is 0. The fourth-order valence-corrected chi connectivity index (χ4v) is 14.3. The maximum absolute atomic E-state index is 14.8. The summed E-state index contributed by atoms with van der Waals surface area (Å²) < 4.78 is 87.0. The van der Waals surface area contributed by atoms with Crippen LogP contribution < -0.4 is 47.4 Å². The molecule has 0 heterocycles. The number of carbonyl (C=O) groups is 6. The average molecular weight is 1450 g/mol. The normalized spacial score (nSPS) is 11.1. The predicted molar refractivity (Wildman–Crippen MR) is 400 cm³/mol. The Bertz CT molecular complexity index is 4730. The topological polar surface area (TPSA) is 230 Å². The third-order valence-corrected chi connectivity index (χ3v) is 20.6. The van der Waals surface area contributed by atoms with E-state index in [2.05, 4.69) is 0 Å². The van der Waals surface area contributed by atoms with E-state index in [4.69, 9.17) is 56.8 Å². The molecule has 19 nitrogen and oxygen atoms in total. The largest absolute Gasteiger partial charge is 0.496 e. The lowest BCUT2D eigenvalue weighted by Crippen LogP contribution is -2.19. The zero-order valence-electron chi connectivity index (χ0n) is 62.3. The highest BCUT2D eigenvalue weighted by Crippen LogP contribution is 2.46. The molecule has 0 aliphatic carbocycles. The van der Waals surface area contributed by atoms with Crippen LogP contribution in [0.2, 0.25) is 0 Å². The maximum atomic E-state index is 14.8. The van der Waals surface area contributed by atoms with E-state index < -0.39 is 58.8 Å². The monoisotopic (exact) mass is 1450 g/mol. The minimum atomic E-state index is -2.09. The Balaban J connectivity index is 0.875. The maximum Gasteiger partial charge on any atom is 0.347 e. The van der Waals surface area contributed by atoms with Gasteiger partial charge in [-0.1, -0.05) is 121 Å². The van der Waals surface area contributed by atoms with Gasteiger partial charge in [0.1, 0.15) is 90.9 Å². The summed E-state index contributed by atoms with van der Waals surface area (Å²) in [7, 11) is 6.20. The molecule has 10 aromatic carbocycles. The van der Waals surface area contributed by atoms with E-state index in [1.54, 1.807) is 83.1 Å². The molecule has 0 aromatic heterocycles. The van der Waals surface area contributed by atoms with E-state index in [-0.39, 0.29) is 112 Å². The molecule has 0 saturated heterocycles. The molecule has 0 atom stereocenters. The lowest BCUT2D eigenvalue weighted by atomic mass is 9.95. The average Bonchev–Trinajstić information content (AvgIpc) is 0.763. The molecular formula is C86H82O19S. The summed E-state index contributed by atoms with van der Waals surface area (Å²) in [6.07, 6.45) is -1.49. The molecule has 0 aliphatic heterocycles. The molecule has 0 bridgehead atoms. The third-order valence-electron chi connectivity index (χ3n) is 19.2. The predicted octanol–water partition coefficient (Wildman–Crippen LogP) is 17.4. The summed E-state index contributed by atoms with van der Waals surface area (Å²) in [6.45, 7) is 20.2. The van der Waals surface area contributed by atoms with Crippen LogP contribution in [0.15, 0.2) is 168 Å². The number of hydrogen-bond acceptors (Lipinski definition) is 19. The molecule has 10 aromatic rings. The molecule has 10 rings (SSSR count). The molecule has 106 heavy (non-hydrogen) atoms. The number of methoxy groups -OCH3 is 6. The third kappa shape index (κ3) is 14.9. The van der Waals surface area contributed by atoms with Crippen molar-refractivity contribution in [3.05, 3.63) is 280 Å². The van der Waals surface area contributed by atoms with Gasteiger partial charge in [0.05, 0.1) is 53.5 Å². The van der Waals surface area contributed by atoms with Crippen molar-refractivity contribution in [2.45, 2.75) is 105 Å². The van der Waals surface area contributed by atoms with Crippen LogP contribution in [0.4, 0.5) is 0 Å². The fraction of sp³-hybridized carbons (Fsp3) is 0.233. The highest BCUT2D eigenvalue weighted by molar-refractivity contribution is 7.85. The van der Waals surface area contributed by atoms with Gasteiger partial charge in [-0.2, -0.15) is 0 Å². The van der Waals surface area contributed by atoms with Gasteiger partial charge >= 0.3 is 35.8 Å². The van der Waals surface area contributed by atoms with Crippen molar-refractivity contribution < 1.29 is 89.8 Å². The number of benzene rings is 10. The zero-order valence-corrected chi connectivity index (χ0v) is 63.1. The first-order chi connectivity index (χ1) is 50.8. The van der Waals surface area contributed by atoms with Crippen molar-refractivity contribution >= 4 is 46.6 Å². The van der Waals surface area contributed by atoms with Gasteiger partial charge in [-0.3, -0.25) is 0 Å². The van der Waals surface area contributed by atoms with E-state index in [9.17, 15) is 33.0 Å². The Morgan fingerprint density at radius 2 is 0.500 bits per heavy atom. The van der Waals surface area contributed by atoms with E-state index in [1.807, 2.05) is 121 Å². The Morgan fingerprint density at radius 1 is 0.264 bits per heavy atom. The molecule has 20 heteroatoms. The van der Waals surface area contributed by atoms with Crippen LogP contribution in [0.5, 0.6) is 57.5 Å². The molecule has 0 saturated carbocycles. The van der Waals surface area contributed by atoms with E-state index in [0.717, 1.165) is 22.3 Å². The van der Waals surface area contributed by atoms with Crippen molar-refractivity contribution in [2.75, 3.05) is 42.7 Å². The number of ether oxygens (including phenoxy) is 12. The summed E-state index contributed by atoms with van der Waals surface area (Å²) in [5.41, 5.74) is 7.86. The van der Waals surface area contributed by atoms with Crippen LogP contribution in [0.1, 0.15) is 163 Å². The van der Waals surface area contributed by atoms with Gasteiger partial charge in [0, 0.05) is 32.0 Å². The van der Waals surface area contributed by atoms with E-state index in [0.29, 0.717) is 55.6 Å². The highest BCUT2D eigenvalue weighted by atomic mass is 32.2. The summed E-state index contributed by atoms with van der Waals surface area (Å²) in [5, 5.41) is 0. The van der Waals surface area contributed by atoms with Crippen molar-refractivity contribution in [2.24, 2.45) is 0 Å². The number of rotatable bonds is 24. The molecule has 0 unspecified atom stereocenters.